The second-order valence-electron chi connectivity index (χ2n) is 5.40. The summed E-state index contributed by atoms with van der Waals surface area (Å²) in [5.74, 6) is -0.0350. The molecule has 0 radical (unpaired) electrons. The number of carbonyl (C=O) groups excluding carboxylic acids is 1. The van der Waals surface area contributed by atoms with Crippen LogP contribution in [0.5, 0.6) is 0 Å². The van der Waals surface area contributed by atoms with Crippen LogP contribution < -0.4 is 5.32 Å². The van der Waals surface area contributed by atoms with Gasteiger partial charge in [-0.3, -0.25) is 4.79 Å². The quantitative estimate of drug-likeness (QED) is 0.915. The lowest BCUT2D eigenvalue weighted by atomic mass is 9.80. The first-order chi connectivity index (χ1) is 10.2. The van der Waals surface area contributed by atoms with E-state index < -0.39 is 0 Å². The van der Waals surface area contributed by atoms with Crippen LogP contribution in [0, 0.1) is 12.8 Å². The highest BCUT2D eigenvalue weighted by Crippen LogP contribution is 2.34. The molecule has 21 heavy (non-hydrogen) atoms. The molecule has 0 bridgehead atoms. The number of aliphatic hydroxyl groups excluding tert-OH is 1. The molecule has 1 amide bonds. The summed E-state index contributed by atoms with van der Waals surface area (Å²) in [6.45, 7) is 1.92. The largest absolute Gasteiger partial charge is 0.396 e. The van der Waals surface area contributed by atoms with Crippen LogP contribution in [-0.2, 0) is 6.42 Å². The summed E-state index contributed by atoms with van der Waals surface area (Å²) in [4.78, 5) is 17.2. The monoisotopic (exact) mass is 302 g/mol. The van der Waals surface area contributed by atoms with Gasteiger partial charge in [-0.1, -0.05) is 24.3 Å². The van der Waals surface area contributed by atoms with E-state index in [1.54, 1.807) is 5.51 Å². The molecule has 1 aromatic heterocycles. The van der Waals surface area contributed by atoms with E-state index in [4.69, 9.17) is 0 Å². The van der Waals surface area contributed by atoms with Gasteiger partial charge >= 0.3 is 0 Å². The van der Waals surface area contributed by atoms with Crippen molar-refractivity contribution in [2.75, 3.05) is 6.61 Å². The average molecular weight is 302 g/mol. The third kappa shape index (κ3) is 2.71. The van der Waals surface area contributed by atoms with Crippen molar-refractivity contribution in [2.45, 2.75) is 25.8 Å². The zero-order chi connectivity index (χ0) is 14.8. The predicted molar refractivity (Wildman–Crippen MR) is 82.4 cm³/mol. The first-order valence-electron chi connectivity index (χ1n) is 7.10. The Morgan fingerprint density at radius 2 is 2.29 bits per heavy atom. The number of carbonyl (C=O) groups is 1. The van der Waals surface area contributed by atoms with E-state index in [-0.39, 0.29) is 24.5 Å². The van der Waals surface area contributed by atoms with Crippen LogP contribution in [0.1, 0.15) is 39.0 Å². The highest BCUT2D eigenvalue weighted by Gasteiger charge is 2.30. The Balaban J connectivity index is 1.89. The van der Waals surface area contributed by atoms with Gasteiger partial charge in [-0.25, -0.2) is 4.98 Å². The van der Waals surface area contributed by atoms with Gasteiger partial charge < -0.3 is 10.4 Å². The van der Waals surface area contributed by atoms with Gasteiger partial charge in [0.25, 0.3) is 5.91 Å². The fourth-order valence-electron chi connectivity index (χ4n) is 2.95. The van der Waals surface area contributed by atoms with E-state index in [1.165, 1.54) is 16.9 Å². The van der Waals surface area contributed by atoms with Crippen LogP contribution in [0.2, 0.25) is 0 Å². The molecule has 2 atom stereocenters. The van der Waals surface area contributed by atoms with E-state index in [0.717, 1.165) is 24.1 Å². The topological polar surface area (TPSA) is 62.2 Å². The van der Waals surface area contributed by atoms with E-state index in [0.29, 0.717) is 4.88 Å². The minimum atomic E-state index is -0.131. The maximum absolute atomic E-state index is 12.4. The molecule has 0 fully saturated rings. The molecule has 5 heteroatoms. The SMILES string of the molecule is Cc1ncsc1C(=O)N[C@@H]1c2ccccc2CC[C@@H]1CO. The molecule has 1 heterocycles. The molecular formula is C16H18N2O2S. The Morgan fingerprint density at radius 3 is 3.00 bits per heavy atom. The summed E-state index contributed by atoms with van der Waals surface area (Å²) in [7, 11) is 0. The first-order valence-corrected chi connectivity index (χ1v) is 7.98. The lowest BCUT2D eigenvalue weighted by Gasteiger charge is -2.33. The molecule has 110 valence electrons. The van der Waals surface area contributed by atoms with Crippen LogP contribution in [0.15, 0.2) is 29.8 Å². The number of fused-ring (bicyclic) bond motifs is 1. The summed E-state index contributed by atoms with van der Waals surface area (Å²) in [6.07, 6.45) is 1.84. The van der Waals surface area contributed by atoms with E-state index in [1.807, 2.05) is 25.1 Å². The molecule has 4 nitrogen and oxygen atoms in total. The van der Waals surface area contributed by atoms with E-state index in [9.17, 15) is 9.90 Å². The number of benzene rings is 1. The Bertz CT molecular complexity index is 653. The zero-order valence-corrected chi connectivity index (χ0v) is 12.7. The van der Waals surface area contributed by atoms with Crippen molar-refractivity contribution in [1.82, 2.24) is 10.3 Å². The van der Waals surface area contributed by atoms with Crippen molar-refractivity contribution in [3.05, 3.63) is 51.5 Å². The maximum Gasteiger partial charge on any atom is 0.263 e. The Morgan fingerprint density at radius 1 is 1.48 bits per heavy atom. The number of amides is 1. The molecule has 0 saturated heterocycles. The third-order valence-electron chi connectivity index (χ3n) is 4.12. The van der Waals surface area contributed by atoms with Crippen molar-refractivity contribution < 1.29 is 9.90 Å². The third-order valence-corrected chi connectivity index (χ3v) is 5.05. The van der Waals surface area contributed by atoms with Gasteiger partial charge in [0.05, 0.1) is 17.2 Å². The number of hydrogen-bond acceptors (Lipinski definition) is 4. The molecule has 0 saturated carbocycles. The normalized spacial score (nSPS) is 20.9. The van der Waals surface area contributed by atoms with Crippen LogP contribution in [0.3, 0.4) is 0 Å². The summed E-state index contributed by atoms with van der Waals surface area (Å²) in [5.41, 5.74) is 4.82. The Labute approximate surface area is 127 Å². The molecule has 2 aromatic rings. The maximum atomic E-state index is 12.4. The number of rotatable bonds is 3. The number of aromatic nitrogens is 1. The summed E-state index contributed by atoms with van der Waals surface area (Å²) >= 11 is 1.35. The van der Waals surface area contributed by atoms with Crippen molar-refractivity contribution in [1.29, 1.82) is 0 Å². The minimum Gasteiger partial charge on any atom is -0.396 e. The summed E-state index contributed by atoms with van der Waals surface area (Å²) < 4.78 is 0. The lowest BCUT2D eigenvalue weighted by molar-refractivity contribution is 0.0896. The van der Waals surface area contributed by atoms with Gasteiger partial charge in [0.2, 0.25) is 0 Å². The van der Waals surface area contributed by atoms with E-state index in [2.05, 4.69) is 16.4 Å². The number of nitrogens with zero attached hydrogens (tertiary/aromatic N) is 1. The Kier molecular flexibility index (Phi) is 4.03. The molecule has 0 spiro atoms. The molecule has 3 rings (SSSR count). The predicted octanol–water partition coefficient (Wildman–Crippen LogP) is 2.48. The fourth-order valence-corrected chi connectivity index (χ4v) is 3.65. The van der Waals surface area contributed by atoms with Crippen LogP contribution >= 0.6 is 11.3 Å². The lowest BCUT2D eigenvalue weighted by Crippen LogP contribution is -2.37. The molecule has 1 aliphatic carbocycles. The minimum absolute atomic E-state index is 0.0667. The first kappa shape index (κ1) is 14.2. The number of hydrogen-bond donors (Lipinski definition) is 2. The average Bonchev–Trinajstić information content (AvgIpc) is 2.94. The van der Waals surface area contributed by atoms with Gasteiger partial charge in [0.1, 0.15) is 4.88 Å². The van der Waals surface area contributed by atoms with Gasteiger partial charge in [-0.15, -0.1) is 11.3 Å². The highest BCUT2D eigenvalue weighted by molar-refractivity contribution is 7.11. The summed E-state index contributed by atoms with van der Waals surface area (Å²) in [6, 6.07) is 8.01. The fraction of sp³-hybridized carbons (Fsp3) is 0.375. The van der Waals surface area contributed by atoms with Crippen molar-refractivity contribution in [2.24, 2.45) is 5.92 Å². The number of nitrogens with one attached hydrogen (secondary N) is 1. The van der Waals surface area contributed by atoms with E-state index >= 15 is 0 Å². The van der Waals surface area contributed by atoms with Crippen LogP contribution in [0.4, 0.5) is 0 Å². The Hall–Kier alpha value is -1.72. The molecule has 1 aromatic carbocycles. The summed E-state index contributed by atoms with van der Waals surface area (Å²) in [5, 5.41) is 12.7. The second kappa shape index (κ2) is 5.95. The van der Waals surface area contributed by atoms with Gasteiger partial charge in [-0.2, -0.15) is 0 Å². The molecule has 0 aliphatic heterocycles. The van der Waals surface area contributed by atoms with Gasteiger partial charge in [0, 0.05) is 12.5 Å². The molecule has 1 aliphatic rings. The molecule has 0 unspecified atom stereocenters. The number of thiazole rings is 1. The molecule has 2 N–H and O–H groups in total. The zero-order valence-electron chi connectivity index (χ0n) is 11.9. The van der Waals surface area contributed by atoms with Crippen molar-refractivity contribution >= 4 is 17.2 Å². The van der Waals surface area contributed by atoms with Crippen LogP contribution in [0.25, 0.3) is 0 Å². The number of aliphatic hydroxyl groups is 1. The second-order valence-corrected chi connectivity index (χ2v) is 6.25. The van der Waals surface area contributed by atoms with Crippen molar-refractivity contribution in [3.8, 4) is 0 Å². The standard InChI is InChI=1S/C16H18N2O2S/c1-10-15(21-9-17-10)16(20)18-14-12(8-19)7-6-11-4-2-3-5-13(11)14/h2-5,9,12,14,19H,6-8H2,1H3,(H,18,20)/t12-,14+/m1/s1. The smallest absolute Gasteiger partial charge is 0.263 e. The van der Waals surface area contributed by atoms with Crippen molar-refractivity contribution in [3.63, 3.8) is 0 Å². The van der Waals surface area contributed by atoms with Gasteiger partial charge in [0.15, 0.2) is 0 Å². The molecular weight excluding hydrogens is 284 g/mol. The highest BCUT2D eigenvalue weighted by atomic mass is 32.1. The number of aryl methyl sites for hydroxylation is 2. The van der Waals surface area contributed by atoms with Gasteiger partial charge in [-0.05, 0) is 30.9 Å². The van der Waals surface area contributed by atoms with Crippen LogP contribution in [-0.4, -0.2) is 22.6 Å².